The van der Waals surface area contributed by atoms with E-state index in [9.17, 15) is 23.3 Å². The van der Waals surface area contributed by atoms with Crippen molar-refractivity contribution in [2.24, 2.45) is 0 Å². The minimum atomic E-state index is -3.66. The third-order valence-corrected chi connectivity index (χ3v) is 5.41. The minimum absolute atomic E-state index is 0.0382. The van der Waals surface area contributed by atoms with Crippen LogP contribution in [0, 0.1) is 10.1 Å². The largest absolute Gasteiger partial charge is 0.494 e. The molecular weight excluding hydrogens is 410 g/mol. The second kappa shape index (κ2) is 10.6. The first-order valence-corrected chi connectivity index (χ1v) is 11.3. The van der Waals surface area contributed by atoms with Gasteiger partial charge in [-0.25, -0.2) is 8.42 Å². The molecule has 0 atom stereocenters. The SMILES string of the molecule is CCOc1ccc(CNC(=O)CCCN(c2cccc([N+](=O)[O-])c2)S(C)(=O)=O)cc1. The summed E-state index contributed by atoms with van der Waals surface area (Å²) in [5.74, 6) is 0.547. The summed E-state index contributed by atoms with van der Waals surface area (Å²) in [4.78, 5) is 22.5. The molecule has 1 N–H and O–H groups in total. The van der Waals surface area contributed by atoms with E-state index >= 15 is 0 Å². The standard InChI is InChI=1S/C20H25N3O6S/c1-3-29-19-11-9-16(10-12-19)15-21-20(24)8-5-13-22(30(2,27)28)17-6-4-7-18(14-17)23(25)26/h4,6-7,9-12,14H,3,5,8,13,15H2,1-2H3,(H,21,24). The van der Waals surface area contributed by atoms with E-state index in [-0.39, 0.29) is 36.7 Å². The molecule has 1 amide bonds. The number of nitrogens with zero attached hydrogens (tertiary/aromatic N) is 2. The van der Waals surface area contributed by atoms with Gasteiger partial charge in [0.25, 0.3) is 5.69 Å². The summed E-state index contributed by atoms with van der Waals surface area (Å²) in [6.07, 6.45) is 1.42. The molecule has 10 heteroatoms. The first kappa shape index (κ1) is 23.1. The Balaban J connectivity index is 1.89. The molecule has 0 aliphatic heterocycles. The summed E-state index contributed by atoms with van der Waals surface area (Å²) in [6, 6.07) is 12.8. The van der Waals surface area contributed by atoms with E-state index in [1.54, 1.807) is 0 Å². The zero-order chi connectivity index (χ0) is 22.1. The van der Waals surface area contributed by atoms with Gasteiger partial charge in [-0.15, -0.1) is 0 Å². The van der Waals surface area contributed by atoms with Crippen LogP contribution in [0.25, 0.3) is 0 Å². The highest BCUT2D eigenvalue weighted by molar-refractivity contribution is 7.92. The molecule has 162 valence electrons. The molecule has 2 aromatic carbocycles. The van der Waals surface area contributed by atoms with Crippen LogP contribution in [0.15, 0.2) is 48.5 Å². The van der Waals surface area contributed by atoms with E-state index in [4.69, 9.17) is 4.74 Å². The predicted molar refractivity (Wildman–Crippen MR) is 114 cm³/mol. The first-order chi connectivity index (χ1) is 14.2. The van der Waals surface area contributed by atoms with Gasteiger partial charge < -0.3 is 10.1 Å². The predicted octanol–water partition coefficient (Wildman–Crippen LogP) is 2.86. The third-order valence-electron chi connectivity index (χ3n) is 4.22. The van der Waals surface area contributed by atoms with Crippen molar-refractivity contribution < 1.29 is 22.9 Å². The second-order valence-corrected chi connectivity index (χ2v) is 8.48. The van der Waals surface area contributed by atoms with Crippen LogP contribution in [0.4, 0.5) is 11.4 Å². The van der Waals surface area contributed by atoms with Gasteiger partial charge in [-0.05, 0) is 37.1 Å². The molecule has 0 saturated carbocycles. The average Bonchev–Trinajstić information content (AvgIpc) is 2.70. The van der Waals surface area contributed by atoms with Crippen LogP contribution in [-0.2, 0) is 21.4 Å². The van der Waals surface area contributed by atoms with Gasteiger partial charge in [0.05, 0.1) is 23.5 Å². The van der Waals surface area contributed by atoms with E-state index in [1.807, 2.05) is 31.2 Å². The second-order valence-electron chi connectivity index (χ2n) is 6.57. The van der Waals surface area contributed by atoms with Crippen LogP contribution in [-0.4, -0.2) is 38.7 Å². The van der Waals surface area contributed by atoms with Crippen molar-refractivity contribution >= 4 is 27.3 Å². The number of amides is 1. The highest BCUT2D eigenvalue weighted by atomic mass is 32.2. The number of benzene rings is 2. The van der Waals surface area contributed by atoms with Crippen LogP contribution in [0.5, 0.6) is 5.75 Å². The normalized spacial score (nSPS) is 11.0. The molecule has 0 spiro atoms. The molecule has 0 bridgehead atoms. The van der Waals surface area contributed by atoms with Crippen molar-refractivity contribution in [2.45, 2.75) is 26.3 Å². The Morgan fingerprint density at radius 2 is 1.90 bits per heavy atom. The number of rotatable bonds is 11. The lowest BCUT2D eigenvalue weighted by molar-refractivity contribution is -0.384. The highest BCUT2D eigenvalue weighted by Gasteiger charge is 2.19. The van der Waals surface area contributed by atoms with E-state index < -0.39 is 14.9 Å². The Bertz CT molecular complexity index is 976. The Hall–Kier alpha value is -3.14. The fourth-order valence-corrected chi connectivity index (χ4v) is 3.75. The molecule has 2 rings (SSSR count). The van der Waals surface area contributed by atoms with E-state index in [0.29, 0.717) is 13.2 Å². The van der Waals surface area contributed by atoms with Gasteiger partial charge in [0, 0.05) is 31.6 Å². The van der Waals surface area contributed by atoms with Crippen molar-refractivity contribution in [3.05, 3.63) is 64.2 Å². The molecule has 2 aromatic rings. The Kier molecular flexibility index (Phi) is 8.16. The maximum absolute atomic E-state index is 12.1. The summed E-state index contributed by atoms with van der Waals surface area (Å²) in [7, 11) is -3.66. The zero-order valence-corrected chi connectivity index (χ0v) is 17.7. The van der Waals surface area contributed by atoms with Gasteiger partial charge in [-0.3, -0.25) is 19.2 Å². The maximum Gasteiger partial charge on any atom is 0.271 e. The van der Waals surface area contributed by atoms with Crippen LogP contribution >= 0.6 is 0 Å². The highest BCUT2D eigenvalue weighted by Crippen LogP contribution is 2.23. The van der Waals surface area contributed by atoms with Crippen molar-refractivity contribution in [3.8, 4) is 5.75 Å². The van der Waals surface area contributed by atoms with Crippen molar-refractivity contribution in [1.82, 2.24) is 5.32 Å². The Morgan fingerprint density at radius 1 is 1.20 bits per heavy atom. The van der Waals surface area contributed by atoms with Gasteiger partial charge in [0.1, 0.15) is 5.75 Å². The number of nitrogens with one attached hydrogen (secondary N) is 1. The van der Waals surface area contributed by atoms with Gasteiger partial charge in [-0.2, -0.15) is 0 Å². The number of sulfonamides is 1. The lowest BCUT2D eigenvalue weighted by Crippen LogP contribution is -2.32. The quantitative estimate of drug-likeness (QED) is 0.428. The molecule has 0 fully saturated rings. The third kappa shape index (κ3) is 7.03. The van der Waals surface area contributed by atoms with Crippen molar-refractivity contribution in [1.29, 1.82) is 0 Å². The first-order valence-electron chi connectivity index (χ1n) is 9.41. The van der Waals surface area contributed by atoms with E-state index in [1.165, 1.54) is 24.3 Å². The number of nitro benzene ring substituents is 1. The van der Waals surface area contributed by atoms with Crippen molar-refractivity contribution in [2.75, 3.05) is 23.7 Å². The van der Waals surface area contributed by atoms with Crippen LogP contribution in [0.1, 0.15) is 25.3 Å². The van der Waals surface area contributed by atoms with E-state index in [2.05, 4.69) is 5.32 Å². The van der Waals surface area contributed by atoms with Gasteiger partial charge in [0.15, 0.2) is 0 Å². The monoisotopic (exact) mass is 435 g/mol. The fraction of sp³-hybridized carbons (Fsp3) is 0.350. The average molecular weight is 436 g/mol. The van der Waals surface area contributed by atoms with E-state index in [0.717, 1.165) is 21.9 Å². The molecule has 0 aliphatic rings. The Labute approximate surface area is 175 Å². The summed E-state index contributed by atoms with van der Waals surface area (Å²) < 4.78 is 30.7. The molecule has 0 unspecified atom stereocenters. The zero-order valence-electron chi connectivity index (χ0n) is 16.9. The number of hydrogen-bond donors (Lipinski definition) is 1. The lowest BCUT2D eigenvalue weighted by atomic mass is 10.2. The number of anilines is 1. The molecular formula is C20H25N3O6S. The number of nitro groups is 1. The summed E-state index contributed by atoms with van der Waals surface area (Å²) >= 11 is 0. The summed E-state index contributed by atoms with van der Waals surface area (Å²) in [5.41, 5.74) is 0.914. The molecule has 0 aliphatic carbocycles. The maximum atomic E-state index is 12.1. The molecule has 0 radical (unpaired) electrons. The molecule has 9 nitrogen and oxygen atoms in total. The molecule has 30 heavy (non-hydrogen) atoms. The van der Waals surface area contributed by atoms with Crippen LogP contribution in [0.3, 0.4) is 0 Å². The lowest BCUT2D eigenvalue weighted by Gasteiger charge is -2.22. The molecule has 0 aromatic heterocycles. The number of hydrogen-bond acceptors (Lipinski definition) is 6. The molecule has 0 heterocycles. The topological polar surface area (TPSA) is 119 Å². The van der Waals surface area contributed by atoms with Gasteiger partial charge in [-0.1, -0.05) is 18.2 Å². The van der Waals surface area contributed by atoms with Gasteiger partial charge in [0.2, 0.25) is 15.9 Å². The fourth-order valence-electron chi connectivity index (χ4n) is 2.79. The number of carbonyl (C=O) groups is 1. The van der Waals surface area contributed by atoms with Crippen molar-refractivity contribution in [3.63, 3.8) is 0 Å². The summed E-state index contributed by atoms with van der Waals surface area (Å²) in [5, 5.41) is 13.7. The summed E-state index contributed by atoms with van der Waals surface area (Å²) in [6.45, 7) is 2.87. The number of ether oxygens (including phenoxy) is 1. The minimum Gasteiger partial charge on any atom is -0.494 e. The smallest absolute Gasteiger partial charge is 0.271 e. The van der Waals surface area contributed by atoms with Crippen LogP contribution < -0.4 is 14.4 Å². The Morgan fingerprint density at radius 3 is 2.50 bits per heavy atom. The number of carbonyl (C=O) groups excluding carboxylic acids is 1. The van der Waals surface area contributed by atoms with Crippen LogP contribution in [0.2, 0.25) is 0 Å². The molecule has 0 saturated heterocycles. The van der Waals surface area contributed by atoms with Gasteiger partial charge >= 0.3 is 0 Å². The number of non-ortho nitro benzene ring substituents is 1.